The molecule has 15 heavy (non-hydrogen) atoms. The molecule has 0 radical (unpaired) electrons. The summed E-state index contributed by atoms with van der Waals surface area (Å²) in [6.45, 7) is 1.91. The van der Waals surface area contributed by atoms with E-state index in [4.69, 9.17) is 15.1 Å². The van der Waals surface area contributed by atoms with Gasteiger partial charge in [-0.2, -0.15) is 0 Å². The Morgan fingerprint density at radius 2 is 2.13 bits per heavy atom. The Morgan fingerprint density at radius 1 is 1.40 bits per heavy atom. The summed E-state index contributed by atoms with van der Waals surface area (Å²) >= 11 is 0. The minimum Gasteiger partial charge on any atom is -0.464 e. The lowest BCUT2D eigenvalue weighted by Gasteiger charge is -1.98. The van der Waals surface area contributed by atoms with E-state index in [1.807, 2.05) is 13.0 Å². The number of benzene rings is 1. The molecule has 0 bridgehead atoms. The first kappa shape index (κ1) is 10.5. The fraction of sp³-hybridized carbons (Fsp3) is 0.200. The second-order valence-corrected chi connectivity index (χ2v) is 6.17. The molecule has 1 heterocycles. The summed E-state index contributed by atoms with van der Waals surface area (Å²) < 4.78 is 27.3. The van der Waals surface area contributed by atoms with E-state index in [0.717, 1.165) is 10.9 Å². The van der Waals surface area contributed by atoms with Crippen LogP contribution in [0.2, 0.25) is 0 Å². The van der Waals surface area contributed by atoms with Gasteiger partial charge in [-0.15, -0.1) is 0 Å². The van der Waals surface area contributed by atoms with Crippen LogP contribution in [0.25, 0.3) is 11.0 Å². The van der Waals surface area contributed by atoms with Crippen molar-refractivity contribution in [2.45, 2.75) is 12.7 Å². The zero-order valence-electron chi connectivity index (χ0n) is 8.03. The molecule has 0 atom stereocenters. The number of rotatable bonds is 2. The van der Waals surface area contributed by atoms with Gasteiger partial charge in [-0.25, -0.2) is 8.42 Å². The Hall–Kier alpha value is -1.00. The summed E-state index contributed by atoms with van der Waals surface area (Å²) in [7, 11) is 1.66. The van der Waals surface area contributed by atoms with Crippen molar-refractivity contribution < 1.29 is 12.8 Å². The van der Waals surface area contributed by atoms with Crippen LogP contribution in [0.5, 0.6) is 0 Å². The lowest BCUT2D eigenvalue weighted by molar-refractivity contribution is 0.601. The van der Waals surface area contributed by atoms with Gasteiger partial charge in [0.1, 0.15) is 5.58 Å². The standard InChI is InChI=1S/C10H9ClO3S/c1-7-5-14-10-8(6-15(11,12)13)3-2-4-9(7)10/h2-5H,6H2,1H3. The monoisotopic (exact) mass is 244 g/mol. The second-order valence-electron chi connectivity index (χ2n) is 3.40. The third-order valence-electron chi connectivity index (χ3n) is 2.20. The first-order chi connectivity index (χ1) is 6.97. The first-order valence-corrected chi connectivity index (χ1v) is 6.83. The van der Waals surface area contributed by atoms with E-state index >= 15 is 0 Å². The Kier molecular flexibility index (Phi) is 2.48. The van der Waals surface area contributed by atoms with E-state index in [9.17, 15) is 8.42 Å². The molecule has 80 valence electrons. The largest absolute Gasteiger partial charge is 0.464 e. The molecule has 0 saturated heterocycles. The van der Waals surface area contributed by atoms with Crippen LogP contribution in [-0.4, -0.2) is 8.42 Å². The van der Waals surface area contributed by atoms with E-state index in [-0.39, 0.29) is 5.75 Å². The Morgan fingerprint density at radius 3 is 2.80 bits per heavy atom. The summed E-state index contributed by atoms with van der Waals surface area (Å²) in [6.07, 6.45) is 1.61. The highest BCUT2D eigenvalue weighted by Gasteiger charge is 2.13. The minimum absolute atomic E-state index is 0.209. The number of furan rings is 1. The molecule has 0 aliphatic rings. The number of hydrogen-bond donors (Lipinski definition) is 0. The van der Waals surface area contributed by atoms with E-state index in [0.29, 0.717) is 11.1 Å². The quantitative estimate of drug-likeness (QED) is 0.764. The molecule has 1 aromatic heterocycles. The van der Waals surface area contributed by atoms with Gasteiger partial charge in [0, 0.05) is 21.6 Å². The van der Waals surface area contributed by atoms with Crippen LogP contribution in [0.4, 0.5) is 0 Å². The van der Waals surface area contributed by atoms with Gasteiger partial charge < -0.3 is 4.42 Å². The Bertz CT molecular complexity index is 598. The normalized spacial score (nSPS) is 12.1. The van der Waals surface area contributed by atoms with Crippen molar-refractivity contribution >= 4 is 30.7 Å². The number of fused-ring (bicyclic) bond motifs is 1. The van der Waals surface area contributed by atoms with Gasteiger partial charge in [-0.05, 0) is 12.5 Å². The van der Waals surface area contributed by atoms with Crippen molar-refractivity contribution in [2.75, 3.05) is 0 Å². The van der Waals surface area contributed by atoms with Crippen molar-refractivity contribution in [1.82, 2.24) is 0 Å². The van der Waals surface area contributed by atoms with E-state index in [2.05, 4.69) is 0 Å². The van der Waals surface area contributed by atoms with Gasteiger partial charge in [0.05, 0.1) is 12.0 Å². The number of hydrogen-bond acceptors (Lipinski definition) is 3. The third kappa shape index (κ3) is 2.16. The summed E-state index contributed by atoms with van der Waals surface area (Å²) in [5, 5.41) is 0.924. The molecular weight excluding hydrogens is 236 g/mol. The molecule has 2 rings (SSSR count). The van der Waals surface area contributed by atoms with Gasteiger partial charge >= 0.3 is 0 Å². The fourth-order valence-corrected chi connectivity index (χ4v) is 2.50. The van der Waals surface area contributed by atoms with Gasteiger partial charge in [0.15, 0.2) is 0 Å². The molecule has 1 aromatic carbocycles. The zero-order valence-corrected chi connectivity index (χ0v) is 9.60. The molecule has 3 nitrogen and oxygen atoms in total. The van der Waals surface area contributed by atoms with Gasteiger partial charge in [0.25, 0.3) is 0 Å². The highest BCUT2D eigenvalue weighted by atomic mass is 35.7. The smallest absolute Gasteiger partial charge is 0.236 e. The average molecular weight is 245 g/mol. The number of para-hydroxylation sites is 1. The maximum Gasteiger partial charge on any atom is 0.236 e. The molecule has 0 saturated carbocycles. The van der Waals surface area contributed by atoms with Crippen LogP contribution in [-0.2, 0) is 14.8 Å². The zero-order chi connectivity index (χ0) is 11.1. The maximum atomic E-state index is 11.0. The third-order valence-corrected chi connectivity index (χ3v) is 3.19. The molecule has 0 spiro atoms. The minimum atomic E-state index is -3.55. The molecule has 2 aromatic rings. The number of halogens is 1. The van der Waals surface area contributed by atoms with E-state index < -0.39 is 9.05 Å². The molecule has 0 aliphatic carbocycles. The van der Waals surface area contributed by atoms with E-state index in [1.54, 1.807) is 18.4 Å². The highest BCUT2D eigenvalue weighted by molar-refractivity contribution is 8.13. The molecule has 0 amide bonds. The molecule has 0 N–H and O–H groups in total. The second kappa shape index (κ2) is 3.54. The summed E-state index contributed by atoms with van der Waals surface area (Å²) in [6, 6.07) is 5.38. The maximum absolute atomic E-state index is 11.0. The van der Waals surface area contributed by atoms with Crippen LogP contribution < -0.4 is 0 Å². The van der Waals surface area contributed by atoms with Crippen molar-refractivity contribution in [2.24, 2.45) is 0 Å². The Balaban J connectivity index is 2.62. The number of aryl methyl sites for hydroxylation is 1. The van der Waals surface area contributed by atoms with E-state index in [1.165, 1.54) is 0 Å². The fourth-order valence-electron chi connectivity index (χ4n) is 1.54. The summed E-state index contributed by atoms with van der Waals surface area (Å²) in [5.41, 5.74) is 2.17. The van der Waals surface area contributed by atoms with Crippen molar-refractivity contribution in [3.8, 4) is 0 Å². The van der Waals surface area contributed by atoms with Crippen molar-refractivity contribution in [3.63, 3.8) is 0 Å². The lowest BCUT2D eigenvalue weighted by atomic mass is 10.1. The van der Waals surface area contributed by atoms with Gasteiger partial charge in [0.2, 0.25) is 9.05 Å². The van der Waals surface area contributed by atoms with Crippen LogP contribution in [0.15, 0.2) is 28.9 Å². The SMILES string of the molecule is Cc1coc2c(CS(=O)(=O)Cl)cccc12. The molecule has 5 heteroatoms. The predicted molar refractivity (Wildman–Crippen MR) is 59.4 cm³/mol. The van der Waals surface area contributed by atoms with Crippen LogP contribution in [0.1, 0.15) is 11.1 Å². The molecule has 0 unspecified atom stereocenters. The Labute approximate surface area is 92.1 Å². The van der Waals surface area contributed by atoms with Crippen molar-refractivity contribution in [3.05, 3.63) is 35.6 Å². The molecule has 0 aliphatic heterocycles. The molecular formula is C10H9ClO3S. The van der Waals surface area contributed by atoms with Gasteiger partial charge in [-0.1, -0.05) is 18.2 Å². The highest BCUT2D eigenvalue weighted by Crippen LogP contribution is 2.25. The lowest BCUT2D eigenvalue weighted by Crippen LogP contribution is -1.95. The van der Waals surface area contributed by atoms with Crippen LogP contribution >= 0.6 is 10.7 Å². The van der Waals surface area contributed by atoms with Gasteiger partial charge in [-0.3, -0.25) is 0 Å². The predicted octanol–water partition coefficient (Wildman–Crippen LogP) is 2.81. The summed E-state index contributed by atoms with van der Waals surface area (Å²) in [4.78, 5) is 0. The topological polar surface area (TPSA) is 47.3 Å². The van der Waals surface area contributed by atoms with Crippen LogP contribution in [0.3, 0.4) is 0 Å². The van der Waals surface area contributed by atoms with Crippen LogP contribution in [0, 0.1) is 6.92 Å². The first-order valence-electron chi connectivity index (χ1n) is 4.35. The molecule has 0 fully saturated rings. The summed E-state index contributed by atoms with van der Waals surface area (Å²) in [5.74, 6) is -0.209. The average Bonchev–Trinajstić information content (AvgIpc) is 2.47. The van der Waals surface area contributed by atoms with Crippen molar-refractivity contribution in [1.29, 1.82) is 0 Å².